The van der Waals surface area contributed by atoms with Gasteiger partial charge >= 0.3 is 5.76 Å². The van der Waals surface area contributed by atoms with E-state index in [0.29, 0.717) is 5.56 Å². The molecule has 0 saturated carbocycles. The van der Waals surface area contributed by atoms with Crippen molar-refractivity contribution >= 4 is 25.7 Å². The molecular weight excluding hydrogens is 290 g/mol. The maximum atomic E-state index is 12.1. The van der Waals surface area contributed by atoms with Crippen LogP contribution in [0.15, 0.2) is 24.3 Å². The van der Waals surface area contributed by atoms with E-state index in [0.717, 1.165) is 0 Å². The third-order valence-corrected chi connectivity index (χ3v) is 3.54. The molecule has 0 aromatic heterocycles. The van der Waals surface area contributed by atoms with Crippen LogP contribution in [0.5, 0.6) is 0 Å². The van der Waals surface area contributed by atoms with E-state index in [1.165, 1.54) is 24.3 Å². The first-order valence-electron chi connectivity index (χ1n) is 4.49. The van der Waals surface area contributed by atoms with Gasteiger partial charge in [-0.15, -0.1) is 0 Å². The molecule has 6 nitrogen and oxygen atoms in total. The van der Waals surface area contributed by atoms with Crippen molar-refractivity contribution in [2.45, 2.75) is 11.5 Å². The van der Waals surface area contributed by atoms with Crippen LogP contribution in [0, 0.1) is 0 Å². The zero-order chi connectivity index (χ0) is 14.0. The predicted octanol–water partition coefficient (Wildman–Crippen LogP) is 0.439. The summed E-state index contributed by atoms with van der Waals surface area (Å²) in [5.41, 5.74) is 0.228. The molecule has 0 bridgehead atoms. The Morgan fingerprint density at radius 3 is 2.00 bits per heavy atom. The van der Waals surface area contributed by atoms with Gasteiger partial charge in [-0.2, -0.15) is 8.78 Å². The minimum atomic E-state index is -4.73. The number of primary sulfonamides is 1. The van der Waals surface area contributed by atoms with Crippen molar-refractivity contribution in [3.63, 3.8) is 0 Å². The average molecular weight is 300 g/mol. The number of halogens is 2. The molecule has 1 aromatic rings. The number of nitrogens with two attached hydrogens (primary N) is 1. The lowest BCUT2D eigenvalue weighted by Crippen LogP contribution is -2.20. The highest BCUT2D eigenvalue weighted by Gasteiger charge is 2.23. The predicted molar refractivity (Wildman–Crippen MR) is 61.8 cm³/mol. The van der Waals surface area contributed by atoms with Gasteiger partial charge in [-0.3, -0.25) is 4.72 Å². The van der Waals surface area contributed by atoms with Crippen LogP contribution >= 0.6 is 0 Å². The highest BCUT2D eigenvalue weighted by Crippen LogP contribution is 2.15. The fourth-order valence-corrected chi connectivity index (χ4v) is 2.32. The van der Waals surface area contributed by atoms with Crippen LogP contribution in [0.1, 0.15) is 5.56 Å². The number of rotatable bonds is 5. The van der Waals surface area contributed by atoms with Crippen LogP contribution in [0.25, 0.3) is 0 Å². The summed E-state index contributed by atoms with van der Waals surface area (Å²) in [5.74, 6) is -3.96. The molecule has 1 rings (SSSR count). The molecule has 18 heavy (non-hydrogen) atoms. The van der Waals surface area contributed by atoms with Crippen molar-refractivity contribution in [1.82, 2.24) is 0 Å². The molecule has 0 aliphatic carbocycles. The Kier molecular flexibility index (Phi) is 4.24. The summed E-state index contributed by atoms with van der Waals surface area (Å²) in [4.78, 5) is 0. The molecule has 0 amide bonds. The first-order chi connectivity index (χ1) is 8.10. The number of hydrogen-bond donors (Lipinski definition) is 2. The molecule has 0 unspecified atom stereocenters. The number of alkyl halides is 2. The fourth-order valence-electron chi connectivity index (χ4n) is 1.11. The summed E-state index contributed by atoms with van der Waals surface area (Å²) in [6.45, 7) is 0. The van der Waals surface area contributed by atoms with Crippen LogP contribution in [0.4, 0.5) is 14.5 Å². The minimum absolute atomic E-state index is 0.0894. The van der Waals surface area contributed by atoms with Crippen molar-refractivity contribution in [3.8, 4) is 0 Å². The highest BCUT2D eigenvalue weighted by molar-refractivity contribution is 7.93. The molecule has 0 aliphatic rings. The molecule has 10 heteroatoms. The molecule has 0 fully saturated rings. The summed E-state index contributed by atoms with van der Waals surface area (Å²) in [6.07, 6.45) is 0. The quantitative estimate of drug-likeness (QED) is 0.822. The molecular formula is C8H10F2N2O4S2. The van der Waals surface area contributed by atoms with E-state index in [1.807, 2.05) is 0 Å². The Labute approximate surface area is 103 Å². The van der Waals surface area contributed by atoms with Crippen LogP contribution in [0.3, 0.4) is 0 Å². The van der Waals surface area contributed by atoms with Crippen LogP contribution in [0.2, 0.25) is 0 Å². The number of benzene rings is 1. The summed E-state index contributed by atoms with van der Waals surface area (Å²) < 4.78 is 69.0. The topological polar surface area (TPSA) is 106 Å². The van der Waals surface area contributed by atoms with Gasteiger partial charge in [0.25, 0.3) is 10.0 Å². The van der Waals surface area contributed by atoms with Gasteiger partial charge in [0, 0.05) is 5.69 Å². The number of anilines is 1. The lowest BCUT2D eigenvalue weighted by Gasteiger charge is -2.07. The first kappa shape index (κ1) is 14.8. The molecule has 0 saturated heterocycles. The van der Waals surface area contributed by atoms with Gasteiger partial charge < -0.3 is 0 Å². The van der Waals surface area contributed by atoms with Crippen molar-refractivity contribution < 1.29 is 25.6 Å². The molecule has 0 aliphatic heterocycles. The summed E-state index contributed by atoms with van der Waals surface area (Å²) in [7, 11) is -8.42. The Morgan fingerprint density at radius 2 is 1.61 bits per heavy atom. The van der Waals surface area contributed by atoms with E-state index in [4.69, 9.17) is 5.14 Å². The third kappa shape index (κ3) is 4.55. The molecule has 1 aromatic carbocycles. The second-order valence-electron chi connectivity index (χ2n) is 3.41. The monoisotopic (exact) mass is 300 g/mol. The maximum Gasteiger partial charge on any atom is 0.355 e. The van der Waals surface area contributed by atoms with Gasteiger partial charge in [0.1, 0.15) is 0 Å². The van der Waals surface area contributed by atoms with Crippen LogP contribution < -0.4 is 9.86 Å². The molecule has 3 N–H and O–H groups in total. The van der Waals surface area contributed by atoms with E-state index in [-0.39, 0.29) is 5.69 Å². The van der Waals surface area contributed by atoms with Crippen molar-refractivity contribution in [1.29, 1.82) is 0 Å². The second-order valence-corrected chi connectivity index (χ2v) is 6.68. The molecule has 0 heterocycles. The zero-order valence-corrected chi connectivity index (χ0v) is 10.5. The van der Waals surface area contributed by atoms with E-state index in [1.54, 1.807) is 4.72 Å². The van der Waals surface area contributed by atoms with E-state index >= 15 is 0 Å². The largest absolute Gasteiger partial charge is 0.355 e. The summed E-state index contributed by atoms with van der Waals surface area (Å²) >= 11 is 0. The van der Waals surface area contributed by atoms with E-state index < -0.39 is 31.6 Å². The lowest BCUT2D eigenvalue weighted by atomic mass is 10.2. The van der Waals surface area contributed by atoms with Crippen LogP contribution in [-0.4, -0.2) is 22.6 Å². The van der Waals surface area contributed by atoms with Gasteiger partial charge in [-0.25, -0.2) is 22.0 Å². The van der Waals surface area contributed by atoms with Crippen molar-refractivity contribution in [2.75, 3.05) is 4.72 Å². The maximum absolute atomic E-state index is 12.1. The first-order valence-corrected chi connectivity index (χ1v) is 7.75. The molecule has 0 atom stereocenters. The summed E-state index contributed by atoms with van der Waals surface area (Å²) in [5, 5.41) is 4.81. The average Bonchev–Trinajstić information content (AvgIpc) is 2.18. The molecule has 0 spiro atoms. The minimum Gasteiger partial charge on any atom is -0.279 e. The van der Waals surface area contributed by atoms with Gasteiger partial charge in [0.15, 0.2) is 0 Å². The summed E-state index contributed by atoms with van der Waals surface area (Å²) in [6, 6.07) is 4.88. The number of hydrogen-bond acceptors (Lipinski definition) is 4. The van der Waals surface area contributed by atoms with E-state index in [2.05, 4.69) is 0 Å². The Balaban J connectivity index is 2.85. The number of sulfonamides is 2. The zero-order valence-electron chi connectivity index (χ0n) is 8.88. The lowest BCUT2D eigenvalue weighted by molar-refractivity contribution is 0.236. The van der Waals surface area contributed by atoms with Gasteiger partial charge in [0.2, 0.25) is 10.0 Å². The fraction of sp³-hybridized carbons (Fsp3) is 0.250. The molecule has 0 radical (unpaired) electrons. The standard InChI is InChI=1S/C8H10F2N2O4S2/c9-8(10)18(15,16)12-7-3-1-6(2-4-7)5-17(11,13)14/h1-4,8,12H,5H2,(H2,11,13,14). The Bertz CT molecular complexity index is 611. The highest BCUT2D eigenvalue weighted by atomic mass is 32.2. The van der Waals surface area contributed by atoms with Gasteiger partial charge in [0.05, 0.1) is 5.75 Å². The van der Waals surface area contributed by atoms with Crippen molar-refractivity contribution in [2.24, 2.45) is 5.14 Å². The Hall–Kier alpha value is -1.26. The smallest absolute Gasteiger partial charge is 0.279 e. The molecule has 102 valence electrons. The van der Waals surface area contributed by atoms with E-state index in [9.17, 15) is 25.6 Å². The van der Waals surface area contributed by atoms with Gasteiger partial charge in [-0.05, 0) is 17.7 Å². The normalized spacial score (nSPS) is 12.7. The Morgan fingerprint density at radius 1 is 1.11 bits per heavy atom. The SMILES string of the molecule is NS(=O)(=O)Cc1ccc(NS(=O)(=O)C(F)F)cc1. The van der Waals surface area contributed by atoms with Gasteiger partial charge in [-0.1, -0.05) is 12.1 Å². The van der Waals surface area contributed by atoms with Crippen molar-refractivity contribution in [3.05, 3.63) is 29.8 Å². The number of nitrogens with one attached hydrogen (secondary N) is 1. The third-order valence-electron chi connectivity index (χ3n) is 1.82. The second kappa shape index (κ2) is 5.16. The van der Waals surface area contributed by atoms with Crippen LogP contribution in [-0.2, 0) is 25.8 Å².